The Hall–Kier alpha value is -1.88. The van der Waals surface area contributed by atoms with E-state index < -0.39 is 0 Å². The lowest BCUT2D eigenvalue weighted by molar-refractivity contribution is -0.692. The highest BCUT2D eigenvalue weighted by atomic mass is 16.2. The van der Waals surface area contributed by atoms with Gasteiger partial charge in [-0.15, -0.1) is 0 Å². The topological polar surface area (TPSA) is 74.8 Å². The molecular formula is C21H34N3O2+. The van der Waals surface area contributed by atoms with Gasteiger partial charge in [0.25, 0.3) is 5.91 Å². The third-order valence-electron chi connectivity index (χ3n) is 5.40. The van der Waals surface area contributed by atoms with Crippen LogP contribution in [0.5, 0.6) is 0 Å². The molecule has 0 unspecified atom stereocenters. The van der Waals surface area contributed by atoms with Crippen LogP contribution in [0.25, 0.3) is 0 Å². The normalized spacial score (nSPS) is 16.3. The molecule has 0 saturated heterocycles. The van der Waals surface area contributed by atoms with Crippen LogP contribution >= 0.6 is 0 Å². The summed E-state index contributed by atoms with van der Waals surface area (Å²) in [7, 11) is 1.56. The van der Waals surface area contributed by atoms with E-state index in [-0.39, 0.29) is 24.4 Å². The van der Waals surface area contributed by atoms with Gasteiger partial charge in [0.05, 0.1) is 6.54 Å². The zero-order chi connectivity index (χ0) is 18.9. The zero-order valence-electron chi connectivity index (χ0n) is 16.4. The van der Waals surface area contributed by atoms with Crippen LogP contribution in [0, 0.1) is 5.92 Å². The lowest BCUT2D eigenvalue weighted by Gasteiger charge is -2.23. The molecule has 1 aliphatic carbocycles. The second-order valence-electron chi connectivity index (χ2n) is 7.66. The molecule has 26 heavy (non-hydrogen) atoms. The molecule has 1 aromatic rings. The molecule has 1 atom stereocenters. The first-order valence-corrected chi connectivity index (χ1v) is 9.91. The van der Waals surface area contributed by atoms with Crippen LogP contribution in [0.1, 0.15) is 69.0 Å². The first-order valence-electron chi connectivity index (χ1n) is 9.91. The Bertz CT molecular complexity index is 577. The van der Waals surface area contributed by atoms with Gasteiger partial charge >= 0.3 is 0 Å². The van der Waals surface area contributed by atoms with Crippen molar-refractivity contribution in [2.75, 3.05) is 20.1 Å². The highest BCUT2D eigenvalue weighted by Crippen LogP contribution is 2.33. The van der Waals surface area contributed by atoms with E-state index in [1.54, 1.807) is 7.05 Å². The Kier molecular flexibility index (Phi) is 8.10. The molecule has 0 bridgehead atoms. The van der Waals surface area contributed by atoms with E-state index in [2.05, 4.69) is 54.1 Å². The van der Waals surface area contributed by atoms with E-state index in [0.717, 1.165) is 5.92 Å². The number of quaternary nitrogens is 1. The Morgan fingerprint density at radius 2 is 1.73 bits per heavy atom. The molecule has 0 aromatic heterocycles. The molecule has 4 N–H and O–H groups in total. The molecule has 2 rings (SSSR count). The van der Waals surface area contributed by atoms with Crippen molar-refractivity contribution < 1.29 is 14.9 Å². The first kappa shape index (κ1) is 20.4. The van der Waals surface area contributed by atoms with E-state index in [4.69, 9.17) is 0 Å². The van der Waals surface area contributed by atoms with Crippen molar-refractivity contribution in [2.24, 2.45) is 5.92 Å². The van der Waals surface area contributed by atoms with Gasteiger partial charge < -0.3 is 16.0 Å². The SMILES string of the molecule is CNC(=O)CNC(=O)C[NH2+][C@H](c1ccc(C2CCCCC2)cc1)C(C)C. The van der Waals surface area contributed by atoms with Gasteiger partial charge in [-0.05, 0) is 24.3 Å². The number of carbonyl (C=O) groups excluding carboxylic acids is 2. The van der Waals surface area contributed by atoms with Crippen LogP contribution in [-0.4, -0.2) is 32.0 Å². The molecule has 0 radical (unpaired) electrons. The number of likely N-dealkylation sites (N-methyl/N-ethyl adjacent to an activating group) is 1. The molecule has 2 amide bonds. The van der Waals surface area contributed by atoms with Crippen molar-refractivity contribution in [3.05, 3.63) is 35.4 Å². The van der Waals surface area contributed by atoms with Crippen LogP contribution in [0.15, 0.2) is 24.3 Å². The van der Waals surface area contributed by atoms with Gasteiger partial charge in [-0.2, -0.15) is 0 Å². The molecule has 0 heterocycles. The lowest BCUT2D eigenvalue weighted by atomic mass is 9.83. The molecule has 0 aliphatic heterocycles. The van der Waals surface area contributed by atoms with Gasteiger partial charge in [0.15, 0.2) is 6.54 Å². The zero-order valence-corrected chi connectivity index (χ0v) is 16.4. The van der Waals surface area contributed by atoms with E-state index in [0.29, 0.717) is 12.5 Å². The highest BCUT2D eigenvalue weighted by Gasteiger charge is 2.22. The minimum atomic E-state index is -0.183. The van der Waals surface area contributed by atoms with Crippen LogP contribution in [0.2, 0.25) is 0 Å². The first-order chi connectivity index (χ1) is 12.5. The Labute approximate surface area is 157 Å². The third-order valence-corrected chi connectivity index (χ3v) is 5.40. The number of hydrogen-bond donors (Lipinski definition) is 3. The molecule has 0 spiro atoms. The van der Waals surface area contributed by atoms with Gasteiger partial charge in [-0.1, -0.05) is 57.4 Å². The number of amides is 2. The maximum atomic E-state index is 12.0. The predicted octanol–water partition coefficient (Wildman–Crippen LogP) is 1.86. The van der Waals surface area contributed by atoms with Crippen molar-refractivity contribution in [3.8, 4) is 0 Å². The fourth-order valence-corrected chi connectivity index (χ4v) is 3.79. The summed E-state index contributed by atoms with van der Waals surface area (Å²) in [4.78, 5) is 23.2. The van der Waals surface area contributed by atoms with Crippen molar-refractivity contribution in [1.82, 2.24) is 10.6 Å². The van der Waals surface area contributed by atoms with Crippen molar-refractivity contribution in [3.63, 3.8) is 0 Å². The summed E-state index contributed by atoms with van der Waals surface area (Å²) in [5, 5.41) is 7.22. The van der Waals surface area contributed by atoms with Gasteiger partial charge in [-0.3, -0.25) is 9.59 Å². The van der Waals surface area contributed by atoms with E-state index >= 15 is 0 Å². The number of nitrogens with two attached hydrogens (primary N) is 1. The quantitative estimate of drug-likeness (QED) is 0.662. The number of rotatable bonds is 8. The summed E-state index contributed by atoms with van der Waals surface area (Å²) < 4.78 is 0. The number of benzene rings is 1. The standard InChI is InChI=1S/C21H33N3O2/c1-15(2)21(24-14-20(26)23-13-19(25)22-3)18-11-9-17(10-12-18)16-7-5-4-6-8-16/h9-12,15-16,21,24H,4-8,13-14H2,1-3H3,(H,22,25)(H,23,26)/p+1/t21-/m0/s1. The second-order valence-corrected chi connectivity index (χ2v) is 7.66. The smallest absolute Gasteiger partial charge is 0.275 e. The highest BCUT2D eigenvalue weighted by molar-refractivity contribution is 5.84. The largest absolute Gasteiger partial charge is 0.358 e. The molecule has 1 aromatic carbocycles. The van der Waals surface area contributed by atoms with E-state index in [1.165, 1.54) is 43.2 Å². The molecular weight excluding hydrogens is 326 g/mol. The summed E-state index contributed by atoms with van der Waals surface area (Å²) in [6.45, 7) is 4.72. The molecule has 144 valence electrons. The van der Waals surface area contributed by atoms with E-state index in [9.17, 15) is 9.59 Å². The van der Waals surface area contributed by atoms with Crippen LogP contribution in [-0.2, 0) is 9.59 Å². The molecule has 1 saturated carbocycles. The minimum absolute atomic E-state index is 0.0333. The van der Waals surface area contributed by atoms with Crippen LogP contribution < -0.4 is 16.0 Å². The van der Waals surface area contributed by atoms with Crippen molar-refractivity contribution in [1.29, 1.82) is 0 Å². The average Bonchev–Trinajstić information content (AvgIpc) is 2.67. The third kappa shape index (κ3) is 6.13. The maximum absolute atomic E-state index is 12.0. The lowest BCUT2D eigenvalue weighted by Crippen LogP contribution is -2.88. The van der Waals surface area contributed by atoms with Crippen molar-refractivity contribution >= 4 is 11.8 Å². The molecule has 5 heteroatoms. The van der Waals surface area contributed by atoms with Crippen LogP contribution in [0.3, 0.4) is 0 Å². The summed E-state index contributed by atoms with van der Waals surface area (Å²) in [6, 6.07) is 9.25. The number of nitrogens with one attached hydrogen (secondary N) is 2. The molecule has 5 nitrogen and oxygen atoms in total. The second kappa shape index (κ2) is 10.3. The number of hydrogen-bond acceptors (Lipinski definition) is 2. The average molecular weight is 361 g/mol. The number of carbonyl (C=O) groups is 2. The van der Waals surface area contributed by atoms with Gasteiger partial charge in [0.1, 0.15) is 6.04 Å². The van der Waals surface area contributed by atoms with E-state index in [1.807, 2.05) is 0 Å². The summed E-state index contributed by atoms with van der Waals surface area (Å²) >= 11 is 0. The monoisotopic (exact) mass is 360 g/mol. The van der Waals surface area contributed by atoms with Gasteiger partial charge in [0.2, 0.25) is 5.91 Å². The fraction of sp³-hybridized carbons (Fsp3) is 0.619. The Morgan fingerprint density at radius 3 is 2.31 bits per heavy atom. The summed E-state index contributed by atoms with van der Waals surface area (Å²) in [6.07, 6.45) is 6.69. The minimum Gasteiger partial charge on any atom is -0.358 e. The van der Waals surface area contributed by atoms with Gasteiger partial charge in [0, 0.05) is 18.5 Å². The van der Waals surface area contributed by atoms with Crippen LogP contribution in [0.4, 0.5) is 0 Å². The summed E-state index contributed by atoms with van der Waals surface area (Å²) in [5.41, 5.74) is 2.72. The van der Waals surface area contributed by atoms with Gasteiger partial charge in [-0.25, -0.2) is 0 Å². The Morgan fingerprint density at radius 1 is 1.08 bits per heavy atom. The summed E-state index contributed by atoms with van der Waals surface area (Å²) in [5.74, 6) is 0.840. The fourth-order valence-electron chi connectivity index (χ4n) is 3.79. The Balaban J connectivity index is 1.91. The molecule has 1 fully saturated rings. The molecule has 1 aliphatic rings. The van der Waals surface area contributed by atoms with Crippen molar-refractivity contribution in [2.45, 2.75) is 57.9 Å². The maximum Gasteiger partial charge on any atom is 0.275 e. The predicted molar refractivity (Wildman–Crippen MR) is 104 cm³/mol.